The van der Waals surface area contributed by atoms with Crippen molar-refractivity contribution in [2.24, 2.45) is 5.92 Å². The molecule has 5 rings (SSSR count). The summed E-state index contributed by atoms with van der Waals surface area (Å²) >= 11 is 0. The summed E-state index contributed by atoms with van der Waals surface area (Å²) in [7, 11) is 1.57. The van der Waals surface area contributed by atoms with Gasteiger partial charge in [-0.1, -0.05) is 30.3 Å². The molecular weight excluding hydrogens is 432 g/mol. The summed E-state index contributed by atoms with van der Waals surface area (Å²) in [6.07, 6.45) is 5.24. The van der Waals surface area contributed by atoms with Gasteiger partial charge < -0.3 is 25.6 Å². The van der Waals surface area contributed by atoms with E-state index < -0.39 is 11.6 Å². The smallest absolute Gasteiger partial charge is 0.246 e. The number of hydrogen-bond donors (Lipinski definition) is 3. The fraction of sp³-hybridized carbons (Fsp3) is 0.440. The van der Waals surface area contributed by atoms with E-state index in [1.54, 1.807) is 25.4 Å². The monoisotopic (exact) mass is 462 g/mol. The standard InChI is InChI=1S/C25H30N6O3/c1-3-18-13-25(18,23(33)26-2)30-22(32)20-12-19(14-28-20)34-21-8-10-27-24(29-21)31-11-9-16-6-4-5-7-17(16)15-31/h3-8,10,18-20,28H,1,9,11-15H2,2H3,(H,26,33)(H,30,32)/t18?,19-,20+,25?/m1/s1. The number of anilines is 1. The van der Waals surface area contributed by atoms with Gasteiger partial charge in [0.05, 0.1) is 6.04 Å². The number of hydrogen-bond acceptors (Lipinski definition) is 7. The van der Waals surface area contributed by atoms with Crippen molar-refractivity contribution in [1.29, 1.82) is 0 Å². The second kappa shape index (κ2) is 9.06. The zero-order valence-electron chi connectivity index (χ0n) is 19.3. The second-order valence-corrected chi connectivity index (χ2v) is 9.16. The lowest BCUT2D eigenvalue weighted by Gasteiger charge is -2.29. The fourth-order valence-electron chi connectivity index (χ4n) is 4.94. The molecular formula is C25H30N6O3. The van der Waals surface area contributed by atoms with Gasteiger partial charge in [0, 0.05) is 51.3 Å². The lowest BCUT2D eigenvalue weighted by molar-refractivity contribution is -0.130. The van der Waals surface area contributed by atoms with Crippen LogP contribution in [0.2, 0.25) is 0 Å². The third-order valence-corrected chi connectivity index (χ3v) is 7.00. The lowest BCUT2D eigenvalue weighted by Crippen LogP contribution is -2.53. The van der Waals surface area contributed by atoms with E-state index in [9.17, 15) is 9.59 Å². The zero-order valence-corrected chi connectivity index (χ0v) is 19.3. The Labute approximate surface area is 199 Å². The Kier molecular flexibility index (Phi) is 5.95. The summed E-state index contributed by atoms with van der Waals surface area (Å²) in [5.74, 6) is 0.697. The van der Waals surface area contributed by atoms with Crippen LogP contribution in [0.5, 0.6) is 5.88 Å². The van der Waals surface area contributed by atoms with E-state index in [0.29, 0.717) is 31.2 Å². The molecule has 1 aromatic heterocycles. The molecule has 2 unspecified atom stereocenters. The van der Waals surface area contributed by atoms with Crippen molar-refractivity contribution in [2.75, 3.05) is 25.0 Å². The number of carbonyl (C=O) groups is 2. The molecule has 3 N–H and O–H groups in total. The number of nitrogens with one attached hydrogen (secondary N) is 3. The second-order valence-electron chi connectivity index (χ2n) is 9.16. The molecule has 2 aliphatic heterocycles. The van der Waals surface area contributed by atoms with E-state index >= 15 is 0 Å². The van der Waals surface area contributed by atoms with Crippen molar-refractivity contribution < 1.29 is 14.3 Å². The SMILES string of the molecule is C=CC1CC1(NC(=O)[C@@H]1C[C@@H](Oc2ccnc(N3CCc4ccccc4C3)n2)CN1)C(=O)NC. The summed E-state index contributed by atoms with van der Waals surface area (Å²) in [6, 6.07) is 9.75. The molecule has 4 atom stereocenters. The Hall–Kier alpha value is -3.46. The highest BCUT2D eigenvalue weighted by atomic mass is 16.5. The topological polar surface area (TPSA) is 108 Å². The normalized spacial score (nSPS) is 27.4. The molecule has 1 aromatic carbocycles. The van der Waals surface area contributed by atoms with Gasteiger partial charge in [-0.05, 0) is 24.0 Å². The van der Waals surface area contributed by atoms with E-state index in [4.69, 9.17) is 4.74 Å². The van der Waals surface area contributed by atoms with Crippen LogP contribution in [0.25, 0.3) is 0 Å². The number of nitrogens with zero attached hydrogens (tertiary/aromatic N) is 3. The van der Waals surface area contributed by atoms with Gasteiger partial charge in [-0.3, -0.25) is 9.59 Å². The maximum atomic E-state index is 12.9. The van der Waals surface area contributed by atoms with Crippen molar-refractivity contribution >= 4 is 17.8 Å². The molecule has 3 heterocycles. The maximum Gasteiger partial charge on any atom is 0.246 e. The van der Waals surface area contributed by atoms with Crippen LogP contribution < -0.4 is 25.6 Å². The van der Waals surface area contributed by atoms with E-state index in [1.165, 1.54) is 11.1 Å². The number of rotatable bonds is 7. The number of amides is 2. The van der Waals surface area contributed by atoms with E-state index in [0.717, 1.165) is 19.5 Å². The predicted octanol–water partition coefficient (Wildman–Crippen LogP) is 0.956. The number of ether oxygens (including phenoxy) is 1. The Morgan fingerprint density at radius 1 is 1.29 bits per heavy atom. The first kappa shape index (κ1) is 22.3. The van der Waals surface area contributed by atoms with Crippen molar-refractivity contribution in [3.05, 3.63) is 60.3 Å². The van der Waals surface area contributed by atoms with Crippen molar-refractivity contribution in [3.8, 4) is 5.88 Å². The Morgan fingerprint density at radius 3 is 2.88 bits per heavy atom. The third kappa shape index (κ3) is 4.23. The first-order valence-corrected chi connectivity index (χ1v) is 11.7. The number of fused-ring (bicyclic) bond motifs is 1. The van der Waals surface area contributed by atoms with Crippen LogP contribution in [-0.2, 0) is 22.6 Å². The molecule has 1 aliphatic carbocycles. The van der Waals surface area contributed by atoms with Crippen LogP contribution in [0.3, 0.4) is 0 Å². The Bertz CT molecular complexity index is 1110. The van der Waals surface area contributed by atoms with Gasteiger partial charge in [-0.25, -0.2) is 4.98 Å². The van der Waals surface area contributed by atoms with Gasteiger partial charge in [-0.15, -0.1) is 6.58 Å². The van der Waals surface area contributed by atoms with Crippen molar-refractivity contribution in [1.82, 2.24) is 25.9 Å². The summed E-state index contributed by atoms with van der Waals surface area (Å²) in [4.78, 5) is 36.4. The van der Waals surface area contributed by atoms with Gasteiger partial charge in [0.2, 0.25) is 23.6 Å². The average molecular weight is 463 g/mol. The molecule has 0 spiro atoms. The largest absolute Gasteiger partial charge is 0.473 e. The van der Waals surface area contributed by atoms with Gasteiger partial charge in [0.25, 0.3) is 0 Å². The molecule has 2 fully saturated rings. The first-order chi connectivity index (χ1) is 16.5. The summed E-state index contributed by atoms with van der Waals surface area (Å²) < 4.78 is 6.10. The highest BCUT2D eigenvalue weighted by Gasteiger charge is 2.59. The van der Waals surface area contributed by atoms with E-state index in [2.05, 4.69) is 61.7 Å². The maximum absolute atomic E-state index is 12.9. The molecule has 0 radical (unpaired) electrons. The molecule has 2 amide bonds. The summed E-state index contributed by atoms with van der Waals surface area (Å²) in [5, 5.41) is 8.78. The fourth-order valence-corrected chi connectivity index (χ4v) is 4.94. The number of likely N-dealkylation sites (N-methyl/N-ethyl adjacent to an activating group) is 1. The first-order valence-electron chi connectivity index (χ1n) is 11.7. The van der Waals surface area contributed by atoms with Crippen molar-refractivity contribution in [2.45, 2.75) is 43.5 Å². The predicted molar refractivity (Wildman–Crippen MR) is 127 cm³/mol. The minimum atomic E-state index is -0.886. The van der Waals surface area contributed by atoms with Gasteiger partial charge in [-0.2, -0.15) is 4.98 Å². The molecule has 178 valence electrons. The van der Waals surface area contributed by atoms with Crippen LogP contribution in [-0.4, -0.2) is 59.6 Å². The molecule has 3 aliphatic rings. The number of benzene rings is 1. The molecule has 9 heteroatoms. The van der Waals surface area contributed by atoms with Crippen LogP contribution in [0, 0.1) is 5.92 Å². The quantitative estimate of drug-likeness (QED) is 0.526. The Morgan fingerprint density at radius 2 is 2.12 bits per heavy atom. The highest BCUT2D eigenvalue weighted by Crippen LogP contribution is 2.44. The van der Waals surface area contributed by atoms with Crippen molar-refractivity contribution in [3.63, 3.8) is 0 Å². The van der Waals surface area contributed by atoms with Gasteiger partial charge in [0.15, 0.2) is 0 Å². The van der Waals surface area contributed by atoms with Gasteiger partial charge >= 0.3 is 0 Å². The third-order valence-electron chi connectivity index (χ3n) is 7.00. The summed E-state index contributed by atoms with van der Waals surface area (Å²) in [5.41, 5.74) is 1.78. The average Bonchev–Trinajstić information content (AvgIpc) is 3.39. The number of carbonyl (C=O) groups excluding carboxylic acids is 2. The molecule has 1 saturated heterocycles. The Balaban J connectivity index is 1.19. The molecule has 9 nitrogen and oxygen atoms in total. The highest BCUT2D eigenvalue weighted by molar-refractivity contribution is 5.96. The molecule has 34 heavy (non-hydrogen) atoms. The molecule has 2 aromatic rings. The van der Waals surface area contributed by atoms with Crippen LogP contribution in [0.15, 0.2) is 49.2 Å². The zero-order chi connectivity index (χ0) is 23.7. The van der Waals surface area contributed by atoms with Crippen LogP contribution >= 0.6 is 0 Å². The number of aromatic nitrogens is 2. The van der Waals surface area contributed by atoms with Crippen LogP contribution in [0.4, 0.5) is 5.95 Å². The van der Waals surface area contributed by atoms with E-state index in [-0.39, 0.29) is 23.8 Å². The minimum absolute atomic E-state index is 0.0500. The molecule has 1 saturated carbocycles. The summed E-state index contributed by atoms with van der Waals surface area (Å²) in [6.45, 7) is 5.91. The minimum Gasteiger partial charge on any atom is -0.473 e. The lowest BCUT2D eigenvalue weighted by atomic mass is 10.0. The van der Waals surface area contributed by atoms with Gasteiger partial charge in [0.1, 0.15) is 11.6 Å². The molecule has 0 bridgehead atoms. The van der Waals surface area contributed by atoms with E-state index in [1.807, 2.05) is 0 Å². The van der Waals surface area contributed by atoms with Crippen LogP contribution in [0.1, 0.15) is 24.0 Å².